The van der Waals surface area contributed by atoms with Gasteiger partial charge in [0.15, 0.2) is 11.5 Å². The number of halogens is 1. The second kappa shape index (κ2) is 11.0. The molecule has 2 aromatic rings. The van der Waals surface area contributed by atoms with E-state index in [4.69, 9.17) is 21.1 Å². The van der Waals surface area contributed by atoms with Crippen molar-refractivity contribution >= 4 is 23.3 Å². The van der Waals surface area contributed by atoms with Crippen LogP contribution in [0.15, 0.2) is 24.5 Å². The van der Waals surface area contributed by atoms with Crippen LogP contribution in [0.5, 0.6) is 11.5 Å². The lowest BCUT2D eigenvalue weighted by Crippen LogP contribution is -2.48. The Bertz CT molecular complexity index is 976. The molecule has 10 heteroatoms. The first kappa shape index (κ1) is 23.5. The highest BCUT2D eigenvalue weighted by Crippen LogP contribution is 2.36. The zero-order valence-corrected chi connectivity index (χ0v) is 19.5. The van der Waals surface area contributed by atoms with Gasteiger partial charge in [0, 0.05) is 49.0 Å². The van der Waals surface area contributed by atoms with Crippen LogP contribution in [0.1, 0.15) is 28.9 Å². The number of benzene rings is 1. The highest BCUT2D eigenvalue weighted by Gasteiger charge is 2.29. The largest absolute Gasteiger partial charge is 0.486 e. The number of β-amino-alcohol motifs (C(OH)–C–C–N with tert-alkyl or cyclic N) is 1. The summed E-state index contributed by atoms with van der Waals surface area (Å²) in [7, 11) is 0. The van der Waals surface area contributed by atoms with Crippen LogP contribution in [0.25, 0.3) is 0 Å². The van der Waals surface area contributed by atoms with Crippen LogP contribution in [0.2, 0.25) is 5.02 Å². The number of nitrogens with zero attached hydrogens (tertiary/aromatic N) is 3. The maximum absolute atomic E-state index is 12.8. The second-order valence-electron chi connectivity index (χ2n) is 8.37. The lowest BCUT2D eigenvalue weighted by atomic mass is 9.93. The molecule has 2 aliphatic heterocycles. The number of nitrogens with one attached hydrogen (secondary N) is 2. The molecule has 3 heterocycles. The van der Waals surface area contributed by atoms with Gasteiger partial charge < -0.3 is 30.1 Å². The van der Waals surface area contributed by atoms with Gasteiger partial charge in [0.1, 0.15) is 19.0 Å². The number of hydrogen-bond donors (Lipinski definition) is 3. The number of carbonyl (C=O) groups is 1. The summed E-state index contributed by atoms with van der Waals surface area (Å²) in [6.07, 6.45) is 4.61. The van der Waals surface area contributed by atoms with Gasteiger partial charge in [0.25, 0.3) is 5.91 Å². The number of hydrogen-bond acceptors (Lipinski definition) is 8. The second-order valence-corrected chi connectivity index (χ2v) is 8.81. The lowest BCUT2D eigenvalue weighted by molar-refractivity contribution is 0.0221. The molecule has 33 heavy (non-hydrogen) atoms. The molecule has 1 aromatic carbocycles. The van der Waals surface area contributed by atoms with E-state index in [2.05, 4.69) is 25.5 Å². The summed E-state index contributed by atoms with van der Waals surface area (Å²) in [6, 6.07) is 3.23. The number of piperidine rings is 1. The van der Waals surface area contributed by atoms with Crippen molar-refractivity contribution in [2.75, 3.05) is 51.3 Å². The maximum atomic E-state index is 12.8. The standard InChI is InChI=1S/C23H30ClN5O4/c1-15-22(27-6-5-25-15)26-4-2-7-29-8-3-16(19(30)14-29)13-28-23(31)18-11-17(24)12-20-21(18)33-10-9-32-20/h5-6,11-12,16,19,30H,2-4,7-10,13-14H2,1H3,(H,26,27)(H,28,31). The Kier molecular flexibility index (Phi) is 7.85. The van der Waals surface area contributed by atoms with E-state index >= 15 is 0 Å². The number of anilines is 1. The third kappa shape index (κ3) is 6.04. The molecule has 0 bridgehead atoms. The number of amides is 1. The molecule has 0 spiro atoms. The number of ether oxygens (including phenoxy) is 2. The molecule has 9 nitrogen and oxygen atoms in total. The Morgan fingerprint density at radius 2 is 2.09 bits per heavy atom. The van der Waals surface area contributed by atoms with E-state index in [0.717, 1.165) is 44.0 Å². The molecule has 178 valence electrons. The fourth-order valence-corrected chi connectivity index (χ4v) is 4.39. The van der Waals surface area contributed by atoms with Crippen molar-refractivity contribution in [3.05, 3.63) is 40.8 Å². The molecule has 2 unspecified atom stereocenters. The molecule has 3 N–H and O–H groups in total. The van der Waals surface area contributed by atoms with E-state index in [1.54, 1.807) is 24.5 Å². The molecule has 1 fully saturated rings. The van der Waals surface area contributed by atoms with Crippen molar-refractivity contribution < 1.29 is 19.4 Å². The molecular formula is C23H30ClN5O4. The summed E-state index contributed by atoms with van der Waals surface area (Å²) >= 11 is 6.14. The predicted molar refractivity (Wildman–Crippen MR) is 125 cm³/mol. The van der Waals surface area contributed by atoms with Gasteiger partial charge in [-0.05, 0) is 38.9 Å². The number of aliphatic hydroxyl groups is 1. The third-order valence-electron chi connectivity index (χ3n) is 6.01. The molecular weight excluding hydrogens is 446 g/mol. The number of rotatable bonds is 8. The molecule has 1 aromatic heterocycles. The van der Waals surface area contributed by atoms with Crippen LogP contribution < -0.4 is 20.1 Å². The van der Waals surface area contributed by atoms with Crippen molar-refractivity contribution in [3.8, 4) is 11.5 Å². The topological polar surface area (TPSA) is 109 Å². The van der Waals surface area contributed by atoms with Crippen molar-refractivity contribution in [2.24, 2.45) is 5.92 Å². The molecule has 0 radical (unpaired) electrons. The van der Waals surface area contributed by atoms with E-state index in [-0.39, 0.29) is 11.8 Å². The first-order valence-electron chi connectivity index (χ1n) is 11.3. The number of aliphatic hydroxyl groups excluding tert-OH is 1. The number of likely N-dealkylation sites (tertiary alicyclic amines) is 1. The third-order valence-corrected chi connectivity index (χ3v) is 6.22. The van der Waals surface area contributed by atoms with E-state index < -0.39 is 6.10 Å². The van der Waals surface area contributed by atoms with Crippen molar-refractivity contribution in [2.45, 2.75) is 25.9 Å². The van der Waals surface area contributed by atoms with Gasteiger partial charge in [-0.15, -0.1) is 0 Å². The van der Waals surface area contributed by atoms with Gasteiger partial charge in [-0.2, -0.15) is 0 Å². The Balaban J connectivity index is 1.21. The Labute approximate surface area is 198 Å². The molecule has 2 atom stereocenters. The van der Waals surface area contributed by atoms with Crippen LogP contribution in [-0.4, -0.2) is 77.9 Å². The number of carbonyl (C=O) groups excluding carboxylic acids is 1. The molecule has 1 saturated heterocycles. The average Bonchev–Trinajstić information content (AvgIpc) is 2.81. The maximum Gasteiger partial charge on any atom is 0.255 e. The first-order valence-corrected chi connectivity index (χ1v) is 11.7. The minimum absolute atomic E-state index is 0.00209. The summed E-state index contributed by atoms with van der Waals surface area (Å²) in [4.78, 5) is 23.5. The lowest BCUT2D eigenvalue weighted by Gasteiger charge is -2.36. The monoisotopic (exact) mass is 475 g/mol. The Hall–Kier alpha value is -2.62. The minimum atomic E-state index is -0.498. The fourth-order valence-electron chi connectivity index (χ4n) is 4.19. The summed E-state index contributed by atoms with van der Waals surface area (Å²) in [5.41, 5.74) is 1.24. The van der Waals surface area contributed by atoms with Crippen LogP contribution >= 0.6 is 11.6 Å². The SMILES string of the molecule is Cc1nccnc1NCCCN1CCC(CNC(=O)c2cc(Cl)cc3c2OCCO3)C(O)C1. The molecule has 4 rings (SSSR count). The van der Waals surface area contributed by atoms with Crippen molar-refractivity contribution in [1.82, 2.24) is 20.2 Å². The molecule has 1 amide bonds. The number of aromatic nitrogens is 2. The quantitative estimate of drug-likeness (QED) is 0.498. The van der Waals surface area contributed by atoms with E-state index in [1.807, 2.05) is 6.92 Å². The van der Waals surface area contributed by atoms with Crippen LogP contribution in [0.4, 0.5) is 5.82 Å². The summed E-state index contributed by atoms with van der Waals surface area (Å²) in [6.45, 7) is 6.28. The normalized spacial score (nSPS) is 20.3. The average molecular weight is 476 g/mol. The van der Waals surface area contributed by atoms with Gasteiger partial charge in [-0.25, -0.2) is 4.98 Å². The van der Waals surface area contributed by atoms with Crippen LogP contribution in [0.3, 0.4) is 0 Å². The molecule has 2 aliphatic rings. The van der Waals surface area contributed by atoms with E-state index in [9.17, 15) is 9.90 Å². The van der Waals surface area contributed by atoms with Crippen LogP contribution in [-0.2, 0) is 0 Å². The van der Waals surface area contributed by atoms with Crippen molar-refractivity contribution in [1.29, 1.82) is 0 Å². The smallest absolute Gasteiger partial charge is 0.255 e. The van der Waals surface area contributed by atoms with Gasteiger partial charge in [-0.1, -0.05) is 11.6 Å². The fraction of sp³-hybridized carbons (Fsp3) is 0.522. The zero-order valence-electron chi connectivity index (χ0n) is 18.7. The first-order chi connectivity index (χ1) is 16.0. The number of aryl methyl sites for hydroxylation is 1. The van der Waals surface area contributed by atoms with Gasteiger partial charge in [0.2, 0.25) is 0 Å². The highest BCUT2D eigenvalue weighted by molar-refractivity contribution is 6.31. The van der Waals surface area contributed by atoms with Crippen LogP contribution in [0, 0.1) is 12.8 Å². The molecule has 0 aliphatic carbocycles. The summed E-state index contributed by atoms with van der Waals surface area (Å²) in [5.74, 6) is 1.43. The Morgan fingerprint density at radius 1 is 1.27 bits per heavy atom. The van der Waals surface area contributed by atoms with E-state index in [1.165, 1.54) is 0 Å². The summed E-state index contributed by atoms with van der Waals surface area (Å²) in [5, 5.41) is 17.3. The minimum Gasteiger partial charge on any atom is -0.486 e. The van der Waals surface area contributed by atoms with Crippen molar-refractivity contribution in [3.63, 3.8) is 0 Å². The number of fused-ring (bicyclic) bond motifs is 1. The predicted octanol–water partition coefficient (Wildman–Crippen LogP) is 2.12. The van der Waals surface area contributed by atoms with E-state index in [0.29, 0.717) is 48.4 Å². The Morgan fingerprint density at radius 3 is 2.91 bits per heavy atom. The molecule has 0 saturated carbocycles. The highest BCUT2D eigenvalue weighted by atomic mass is 35.5. The summed E-state index contributed by atoms with van der Waals surface area (Å²) < 4.78 is 11.2. The van der Waals surface area contributed by atoms with Gasteiger partial charge in [0.05, 0.1) is 17.4 Å². The van der Waals surface area contributed by atoms with Gasteiger partial charge >= 0.3 is 0 Å². The zero-order chi connectivity index (χ0) is 23.2. The van der Waals surface area contributed by atoms with Gasteiger partial charge in [-0.3, -0.25) is 9.78 Å².